The first-order valence-corrected chi connectivity index (χ1v) is 9.35. The molecular formula is C22H25N3O3. The first-order valence-electron chi connectivity index (χ1n) is 9.35. The van der Waals surface area contributed by atoms with Crippen molar-refractivity contribution in [2.75, 3.05) is 26.7 Å². The van der Waals surface area contributed by atoms with Gasteiger partial charge < -0.3 is 14.7 Å². The van der Waals surface area contributed by atoms with E-state index in [4.69, 9.17) is 0 Å². The fourth-order valence-electron chi connectivity index (χ4n) is 3.28. The lowest BCUT2D eigenvalue weighted by molar-refractivity contribution is -0.158. The third-order valence-corrected chi connectivity index (χ3v) is 4.87. The third-order valence-electron chi connectivity index (χ3n) is 4.87. The van der Waals surface area contributed by atoms with Gasteiger partial charge in [0.25, 0.3) is 0 Å². The van der Waals surface area contributed by atoms with E-state index in [2.05, 4.69) is 0 Å². The maximum Gasteiger partial charge on any atom is 0.312 e. The summed E-state index contributed by atoms with van der Waals surface area (Å²) in [6.45, 7) is 3.57. The summed E-state index contributed by atoms with van der Waals surface area (Å²) in [5, 5.41) is 0. The Labute approximate surface area is 165 Å². The van der Waals surface area contributed by atoms with Crippen LogP contribution in [0, 0.1) is 6.92 Å². The third kappa shape index (κ3) is 4.76. The fraction of sp³-hybridized carbons (Fsp3) is 0.318. The molecule has 0 saturated carbocycles. The molecule has 2 aromatic rings. The van der Waals surface area contributed by atoms with E-state index >= 15 is 0 Å². The second-order valence-electron chi connectivity index (χ2n) is 7.18. The van der Waals surface area contributed by atoms with E-state index in [1.165, 1.54) is 4.90 Å². The van der Waals surface area contributed by atoms with Crippen molar-refractivity contribution in [1.29, 1.82) is 0 Å². The number of piperazine rings is 1. The van der Waals surface area contributed by atoms with E-state index in [0.717, 1.165) is 16.7 Å². The molecule has 2 aromatic carbocycles. The van der Waals surface area contributed by atoms with Gasteiger partial charge in [0.2, 0.25) is 5.91 Å². The number of carbonyl (C=O) groups is 3. The van der Waals surface area contributed by atoms with Gasteiger partial charge in [0.1, 0.15) is 6.54 Å². The minimum Gasteiger partial charge on any atom is -0.340 e. The van der Waals surface area contributed by atoms with Crippen LogP contribution >= 0.6 is 0 Å². The van der Waals surface area contributed by atoms with Crippen LogP contribution in [0.4, 0.5) is 0 Å². The molecule has 1 aliphatic heterocycles. The maximum absolute atomic E-state index is 12.5. The second kappa shape index (κ2) is 8.69. The average molecular weight is 379 g/mol. The van der Waals surface area contributed by atoms with Crippen LogP contribution in [0.2, 0.25) is 0 Å². The van der Waals surface area contributed by atoms with Crippen LogP contribution in [0.3, 0.4) is 0 Å². The molecule has 1 saturated heterocycles. The lowest BCUT2D eigenvalue weighted by Gasteiger charge is -2.34. The maximum atomic E-state index is 12.5. The molecule has 0 N–H and O–H groups in total. The van der Waals surface area contributed by atoms with Gasteiger partial charge in [-0.05, 0) is 18.1 Å². The van der Waals surface area contributed by atoms with Crippen LogP contribution in [-0.4, -0.2) is 59.1 Å². The Balaban J connectivity index is 1.56. The Hall–Kier alpha value is -3.15. The summed E-state index contributed by atoms with van der Waals surface area (Å²) in [4.78, 5) is 41.9. The van der Waals surface area contributed by atoms with Gasteiger partial charge in [-0.25, -0.2) is 0 Å². The Morgan fingerprint density at radius 1 is 0.929 bits per heavy atom. The molecule has 146 valence electrons. The van der Waals surface area contributed by atoms with Crippen molar-refractivity contribution in [3.63, 3.8) is 0 Å². The number of nitrogens with zero attached hydrogens (tertiary/aromatic N) is 3. The summed E-state index contributed by atoms with van der Waals surface area (Å²) in [6, 6.07) is 17.5. The predicted molar refractivity (Wildman–Crippen MR) is 106 cm³/mol. The molecule has 0 atom stereocenters. The zero-order valence-corrected chi connectivity index (χ0v) is 16.3. The first-order chi connectivity index (χ1) is 13.4. The monoisotopic (exact) mass is 379 g/mol. The lowest BCUT2D eigenvalue weighted by atomic mass is 10.1. The van der Waals surface area contributed by atoms with Crippen LogP contribution in [0.5, 0.6) is 0 Å². The molecule has 3 amide bonds. The van der Waals surface area contributed by atoms with Gasteiger partial charge in [-0.15, -0.1) is 0 Å². The smallest absolute Gasteiger partial charge is 0.312 e. The normalized spacial score (nSPS) is 14.4. The van der Waals surface area contributed by atoms with E-state index in [9.17, 15) is 14.4 Å². The highest BCUT2D eigenvalue weighted by Crippen LogP contribution is 2.13. The molecule has 1 aliphatic rings. The fourth-order valence-corrected chi connectivity index (χ4v) is 3.28. The molecule has 0 aliphatic carbocycles. The van der Waals surface area contributed by atoms with Crippen LogP contribution < -0.4 is 0 Å². The highest BCUT2D eigenvalue weighted by atomic mass is 16.2. The van der Waals surface area contributed by atoms with Crippen molar-refractivity contribution in [3.05, 3.63) is 71.3 Å². The van der Waals surface area contributed by atoms with Crippen LogP contribution in [-0.2, 0) is 27.5 Å². The molecule has 3 rings (SSSR count). The van der Waals surface area contributed by atoms with Gasteiger partial charge >= 0.3 is 11.8 Å². The number of amides is 3. The quantitative estimate of drug-likeness (QED) is 0.720. The molecule has 0 spiro atoms. The number of carbonyl (C=O) groups excluding carboxylic acids is 3. The number of aryl methyl sites for hydroxylation is 1. The van der Waals surface area contributed by atoms with Crippen molar-refractivity contribution < 1.29 is 14.4 Å². The van der Waals surface area contributed by atoms with E-state index < -0.39 is 11.8 Å². The molecule has 1 heterocycles. The topological polar surface area (TPSA) is 60.9 Å². The standard InChI is InChI=1S/C22H25N3O3/c1-17-7-6-10-19(13-17)15-24-11-12-25(22(28)21(24)27)16-20(26)23(2)14-18-8-4-3-5-9-18/h3-10,13H,11-12,14-16H2,1-2H3. The summed E-state index contributed by atoms with van der Waals surface area (Å²) in [5.41, 5.74) is 3.12. The van der Waals surface area contributed by atoms with E-state index in [-0.39, 0.29) is 12.5 Å². The number of likely N-dealkylation sites (N-methyl/N-ethyl adjacent to an activating group) is 1. The molecular weight excluding hydrogens is 354 g/mol. The number of benzene rings is 2. The molecule has 0 radical (unpaired) electrons. The largest absolute Gasteiger partial charge is 0.340 e. The van der Waals surface area contributed by atoms with E-state index in [1.54, 1.807) is 16.8 Å². The van der Waals surface area contributed by atoms with Crippen molar-refractivity contribution in [2.45, 2.75) is 20.0 Å². The summed E-state index contributed by atoms with van der Waals surface area (Å²) in [5.74, 6) is -1.34. The Kier molecular flexibility index (Phi) is 6.09. The second-order valence-corrected chi connectivity index (χ2v) is 7.18. The predicted octanol–water partition coefficient (Wildman–Crippen LogP) is 1.82. The van der Waals surface area contributed by atoms with Gasteiger partial charge in [-0.1, -0.05) is 60.2 Å². The molecule has 0 bridgehead atoms. The molecule has 6 heteroatoms. The van der Waals surface area contributed by atoms with Gasteiger partial charge in [-0.3, -0.25) is 14.4 Å². The van der Waals surface area contributed by atoms with Crippen molar-refractivity contribution in [3.8, 4) is 0 Å². The Morgan fingerprint density at radius 2 is 1.57 bits per heavy atom. The van der Waals surface area contributed by atoms with Gasteiger partial charge in [0.05, 0.1) is 0 Å². The van der Waals surface area contributed by atoms with Crippen LogP contribution in [0.25, 0.3) is 0 Å². The number of rotatable bonds is 6. The summed E-state index contributed by atoms with van der Waals surface area (Å²) < 4.78 is 0. The SMILES string of the molecule is Cc1cccc(CN2CCN(CC(=O)N(C)Cc3ccccc3)C(=O)C2=O)c1. The molecule has 0 unspecified atom stereocenters. The molecule has 28 heavy (non-hydrogen) atoms. The van der Waals surface area contributed by atoms with Gasteiger partial charge in [0.15, 0.2) is 0 Å². The van der Waals surface area contributed by atoms with Gasteiger partial charge in [-0.2, -0.15) is 0 Å². The first kappa shape index (κ1) is 19.6. The van der Waals surface area contributed by atoms with E-state index in [1.807, 2.05) is 61.5 Å². The van der Waals surface area contributed by atoms with Crippen LogP contribution in [0.15, 0.2) is 54.6 Å². The van der Waals surface area contributed by atoms with Crippen molar-refractivity contribution >= 4 is 17.7 Å². The highest BCUT2D eigenvalue weighted by Gasteiger charge is 2.33. The minimum absolute atomic E-state index is 0.0772. The average Bonchev–Trinajstić information content (AvgIpc) is 2.68. The molecule has 1 fully saturated rings. The van der Waals surface area contributed by atoms with Crippen molar-refractivity contribution in [1.82, 2.24) is 14.7 Å². The van der Waals surface area contributed by atoms with Crippen molar-refractivity contribution in [2.24, 2.45) is 0 Å². The zero-order chi connectivity index (χ0) is 20.1. The molecule has 0 aromatic heterocycles. The Bertz CT molecular complexity index is 866. The van der Waals surface area contributed by atoms with E-state index in [0.29, 0.717) is 26.2 Å². The lowest BCUT2D eigenvalue weighted by Crippen LogP contribution is -2.56. The molecule has 6 nitrogen and oxygen atoms in total. The van der Waals surface area contributed by atoms with Gasteiger partial charge in [0, 0.05) is 33.2 Å². The summed E-state index contributed by atoms with van der Waals surface area (Å²) >= 11 is 0. The minimum atomic E-state index is -0.611. The Morgan fingerprint density at radius 3 is 2.29 bits per heavy atom. The summed E-state index contributed by atoms with van der Waals surface area (Å²) in [7, 11) is 1.70. The number of hydrogen-bond acceptors (Lipinski definition) is 3. The number of hydrogen-bond donors (Lipinski definition) is 0. The highest BCUT2D eigenvalue weighted by molar-refractivity contribution is 6.35. The zero-order valence-electron chi connectivity index (χ0n) is 16.3. The summed E-state index contributed by atoms with van der Waals surface area (Å²) in [6.07, 6.45) is 0. The van der Waals surface area contributed by atoms with Crippen LogP contribution in [0.1, 0.15) is 16.7 Å².